The molecule has 0 aliphatic carbocycles. The number of aromatic nitrogens is 1. The minimum Gasteiger partial charge on any atom is -0.417 e. The molecule has 0 aliphatic heterocycles. The number of rotatable bonds is 4. The van der Waals surface area contributed by atoms with Crippen molar-refractivity contribution in [1.82, 2.24) is 4.98 Å². The van der Waals surface area contributed by atoms with E-state index in [4.69, 9.17) is 14.9 Å². The smallest absolute Gasteiger partial charge is 0.399 e. The monoisotopic (exact) mass is 232 g/mol. The van der Waals surface area contributed by atoms with Gasteiger partial charge in [-0.1, -0.05) is 32.0 Å². The molecule has 0 amide bonds. The van der Waals surface area contributed by atoms with Crippen LogP contribution in [0, 0.1) is 0 Å². The summed E-state index contributed by atoms with van der Waals surface area (Å²) in [4.78, 5) is 4.11. The molecule has 1 heterocycles. The second kappa shape index (κ2) is 5.01. The summed E-state index contributed by atoms with van der Waals surface area (Å²) >= 11 is 0. The van der Waals surface area contributed by atoms with E-state index in [0.717, 1.165) is 11.3 Å². The Hall–Kier alpha value is -1.81. The first-order valence-corrected chi connectivity index (χ1v) is 5.62. The maximum Gasteiger partial charge on any atom is 0.399 e. The van der Waals surface area contributed by atoms with Crippen LogP contribution in [0.2, 0.25) is 0 Å². The summed E-state index contributed by atoms with van der Waals surface area (Å²) < 4.78 is 10.8. The first kappa shape index (κ1) is 11.7. The lowest BCUT2D eigenvalue weighted by Gasteiger charge is -2.10. The molecule has 2 N–H and O–H groups in total. The Bertz CT molecular complexity index is 492. The lowest BCUT2D eigenvalue weighted by Crippen LogP contribution is -1.97. The fourth-order valence-corrected chi connectivity index (χ4v) is 1.57. The third kappa shape index (κ3) is 2.65. The fourth-order valence-electron chi connectivity index (χ4n) is 1.57. The van der Waals surface area contributed by atoms with Crippen molar-refractivity contribution in [2.45, 2.75) is 26.3 Å². The molecule has 0 unspecified atom stereocenters. The average Bonchev–Trinajstić information content (AvgIpc) is 2.77. The van der Waals surface area contributed by atoms with Gasteiger partial charge in [0.15, 0.2) is 0 Å². The number of ether oxygens (including phenoxy) is 1. The highest BCUT2D eigenvalue weighted by atomic mass is 16.6. The molecule has 2 aromatic rings. The predicted molar refractivity (Wildman–Crippen MR) is 65.0 cm³/mol. The average molecular weight is 232 g/mol. The minimum absolute atomic E-state index is 0.235. The van der Waals surface area contributed by atoms with Gasteiger partial charge in [0.25, 0.3) is 0 Å². The van der Waals surface area contributed by atoms with Gasteiger partial charge in [0, 0.05) is 6.54 Å². The summed E-state index contributed by atoms with van der Waals surface area (Å²) in [6, 6.07) is 7.85. The van der Waals surface area contributed by atoms with Crippen molar-refractivity contribution in [2.75, 3.05) is 0 Å². The van der Waals surface area contributed by atoms with Crippen LogP contribution < -0.4 is 10.5 Å². The van der Waals surface area contributed by atoms with E-state index in [1.165, 1.54) is 6.26 Å². The summed E-state index contributed by atoms with van der Waals surface area (Å²) in [6.07, 6.45) is 1.74. The van der Waals surface area contributed by atoms with E-state index in [-0.39, 0.29) is 6.08 Å². The van der Waals surface area contributed by atoms with Gasteiger partial charge in [0.05, 0.1) is 5.69 Å². The zero-order chi connectivity index (χ0) is 12.3. The molecule has 0 saturated heterocycles. The Labute approximate surface area is 100 Å². The molecule has 17 heavy (non-hydrogen) atoms. The molecule has 0 spiro atoms. The number of nitrogens with zero attached hydrogens (tertiary/aromatic N) is 1. The second-order valence-corrected chi connectivity index (χ2v) is 4.10. The standard InChI is InChI=1S/C13H16N2O2/c1-9(2)11-5-3-4-6-12(11)17-13-15-10(7-14)8-16-13/h3-6,8-9H,7,14H2,1-2H3. The number of para-hydroxylation sites is 1. The highest BCUT2D eigenvalue weighted by Crippen LogP contribution is 2.29. The van der Waals surface area contributed by atoms with Gasteiger partial charge in [-0.25, -0.2) is 0 Å². The summed E-state index contributed by atoms with van der Waals surface area (Å²) in [5.74, 6) is 1.16. The maximum atomic E-state index is 5.62. The van der Waals surface area contributed by atoms with Crippen LogP contribution in [0.25, 0.3) is 0 Å². The van der Waals surface area contributed by atoms with Gasteiger partial charge >= 0.3 is 6.08 Å². The van der Waals surface area contributed by atoms with Crippen molar-refractivity contribution in [1.29, 1.82) is 0 Å². The van der Waals surface area contributed by atoms with Crippen molar-refractivity contribution in [3.63, 3.8) is 0 Å². The number of hydrogen-bond donors (Lipinski definition) is 1. The summed E-state index contributed by atoms with van der Waals surface area (Å²) in [5, 5.41) is 0. The largest absolute Gasteiger partial charge is 0.417 e. The second-order valence-electron chi connectivity index (χ2n) is 4.10. The topological polar surface area (TPSA) is 61.3 Å². The van der Waals surface area contributed by atoms with E-state index in [9.17, 15) is 0 Å². The zero-order valence-corrected chi connectivity index (χ0v) is 10.0. The van der Waals surface area contributed by atoms with Crippen LogP contribution in [-0.4, -0.2) is 4.98 Å². The summed E-state index contributed by atoms with van der Waals surface area (Å²) in [5.41, 5.74) is 7.26. The summed E-state index contributed by atoms with van der Waals surface area (Å²) in [6.45, 7) is 4.57. The molecule has 4 nitrogen and oxygen atoms in total. The molecule has 4 heteroatoms. The van der Waals surface area contributed by atoms with Crippen LogP contribution in [0.4, 0.5) is 0 Å². The van der Waals surface area contributed by atoms with Gasteiger partial charge in [0.2, 0.25) is 0 Å². The minimum atomic E-state index is 0.235. The molecule has 0 aliphatic rings. The Morgan fingerprint density at radius 2 is 2.12 bits per heavy atom. The van der Waals surface area contributed by atoms with E-state index >= 15 is 0 Å². The molecule has 0 fully saturated rings. The Morgan fingerprint density at radius 3 is 2.76 bits per heavy atom. The van der Waals surface area contributed by atoms with Gasteiger partial charge < -0.3 is 14.9 Å². The first-order valence-electron chi connectivity index (χ1n) is 5.62. The molecule has 1 aromatic carbocycles. The summed E-state index contributed by atoms with van der Waals surface area (Å²) in [7, 11) is 0. The molecule has 0 atom stereocenters. The van der Waals surface area contributed by atoms with Gasteiger partial charge in [-0.05, 0) is 17.5 Å². The quantitative estimate of drug-likeness (QED) is 0.880. The SMILES string of the molecule is CC(C)c1ccccc1Oc1nc(CN)co1. The Balaban J connectivity index is 2.23. The van der Waals surface area contributed by atoms with Crippen LogP contribution in [0.15, 0.2) is 34.9 Å². The molecule has 0 bridgehead atoms. The van der Waals surface area contributed by atoms with Crippen molar-refractivity contribution in [2.24, 2.45) is 5.73 Å². The van der Waals surface area contributed by atoms with Crippen LogP contribution in [0.5, 0.6) is 11.8 Å². The predicted octanol–water partition coefficient (Wildman–Crippen LogP) is 3.05. The van der Waals surface area contributed by atoms with Crippen LogP contribution in [0.1, 0.15) is 31.0 Å². The van der Waals surface area contributed by atoms with Crippen molar-refractivity contribution < 1.29 is 9.15 Å². The van der Waals surface area contributed by atoms with E-state index < -0.39 is 0 Å². The molecular weight excluding hydrogens is 216 g/mol. The van der Waals surface area contributed by atoms with E-state index in [1.54, 1.807) is 0 Å². The molecule has 90 valence electrons. The first-order chi connectivity index (χ1) is 8.20. The van der Waals surface area contributed by atoms with Gasteiger partial charge in [-0.2, -0.15) is 4.98 Å². The van der Waals surface area contributed by atoms with E-state index in [1.807, 2.05) is 24.3 Å². The fraction of sp³-hybridized carbons (Fsp3) is 0.308. The van der Waals surface area contributed by atoms with Crippen LogP contribution in [-0.2, 0) is 6.54 Å². The van der Waals surface area contributed by atoms with Crippen LogP contribution >= 0.6 is 0 Å². The third-order valence-corrected chi connectivity index (χ3v) is 2.48. The number of benzene rings is 1. The molecule has 1 aromatic heterocycles. The highest BCUT2D eigenvalue weighted by molar-refractivity contribution is 5.36. The molecule has 0 saturated carbocycles. The van der Waals surface area contributed by atoms with Gasteiger partial charge in [-0.3, -0.25) is 0 Å². The third-order valence-electron chi connectivity index (χ3n) is 2.48. The lowest BCUT2D eigenvalue weighted by atomic mass is 10.0. The van der Waals surface area contributed by atoms with Crippen LogP contribution in [0.3, 0.4) is 0 Å². The Morgan fingerprint density at radius 1 is 1.35 bits per heavy atom. The van der Waals surface area contributed by atoms with E-state index in [0.29, 0.717) is 18.2 Å². The molecule has 0 radical (unpaired) electrons. The van der Waals surface area contributed by atoms with Crippen molar-refractivity contribution >= 4 is 0 Å². The lowest BCUT2D eigenvalue weighted by molar-refractivity contribution is 0.327. The number of oxazole rings is 1. The Kier molecular flexibility index (Phi) is 3.44. The van der Waals surface area contributed by atoms with Crippen molar-refractivity contribution in [3.05, 3.63) is 41.8 Å². The van der Waals surface area contributed by atoms with Gasteiger partial charge in [0.1, 0.15) is 12.0 Å². The normalized spacial score (nSPS) is 10.8. The number of hydrogen-bond acceptors (Lipinski definition) is 4. The molecule has 2 rings (SSSR count). The number of nitrogens with two attached hydrogens (primary N) is 1. The molecular formula is C13H16N2O2. The highest BCUT2D eigenvalue weighted by Gasteiger charge is 2.10. The zero-order valence-electron chi connectivity index (χ0n) is 10.0. The van der Waals surface area contributed by atoms with Gasteiger partial charge in [-0.15, -0.1) is 0 Å². The van der Waals surface area contributed by atoms with Crippen molar-refractivity contribution in [3.8, 4) is 11.8 Å². The maximum absolute atomic E-state index is 5.62. The van der Waals surface area contributed by atoms with E-state index in [2.05, 4.69) is 18.8 Å².